The summed E-state index contributed by atoms with van der Waals surface area (Å²) in [6, 6.07) is 13.6. The second-order valence-electron chi connectivity index (χ2n) is 6.37. The molecular weight excluding hydrogens is 393 g/mol. The molecule has 0 amide bonds. The van der Waals surface area contributed by atoms with Crippen LogP contribution < -0.4 is 11.1 Å². The van der Waals surface area contributed by atoms with Gasteiger partial charge >= 0.3 is 5.97 Å². The number of nitrogen functional groups attached to an aromatic ring is 1. The molecular formula is C20H18FN5O2S. The molecule has 0 fully saturated rings. The Morgan fingerprint density at radius 1 is 1.17 bits per heavy atom. The van der Waals surface area contributed by atoms with Gasteiger partial charge in [-0.25, -0.2) is 4.39 Å². The summed E-state index contributed by atoms with van der Waals surface area (Å²) in [7, 11) is 0. The number of ether oxygens (including phenoxy) is 1. The second kappa shape index (κ2) is 8.44. The van der Waals surface area contributed by atoms with Gasteiger partial charge in [0.25, 0.3) is 0 Å². The van der Waals surface area contributed by atoms with E-state index >= 15 is 0 Å². The van der Waals surface area contributed by atoms with Crippen molar-refractivity contribution in [2.75, 3.05) is 16.8 Å². The van der Waals surface area contributed by atoms with Crippen LogP contribution in [0.25, 0.3) is 0 Å². The smallest absolute Gasteiger partial charge is 0.324 e. The summed E-state index contributed by atoms with van der Waals surface area (Å²) in [5, 5.41) is 2.56. The van der Waals surface area contributed by atoms with E-state index in [2.05, 4.69) is 20.3 Å². The molecule has 3 N–H and O–H groups in total. The summed E-state index contributed by atoms with van der Waals surface area (Å²) in [5.74, 6) is 0.584. The average molecular weight is 411 g/mol. The fourth-order valence-corrected chi connectivity index (χ4v) is 4.21. The molecule has 1 unspecified atom stereocenters. The van der Waals surface area contributed by atoms with E-state index in [9.17, 15) is 9.18 Å². The van der Waals surface area contributed by atoms with Gasteiger partial charge in [0.15, 0.2) is 12.4 Å². The Balaban J connectivity index is 1.44. The average Bonchev–Trinajstić information content (AvgIpc) is 2.73. The van der Waals surface area contributed by atoms with Crippen molar-refractivity contribution in [2.45, 2.75) is 18.3 Å². The molecule has 0 spiro atoms. The molecule has 4 rings (SSSR count). The summed E-state index contributed by atoms with van der Waals surface area (Å²) in [6.45, 7) is -0.122. The summed E-state index contributed by atoms with van der Waals surface area (Å²) in [4.78, 5) is 24.9. The van der Waals surface area contributed by atoms with E-state index in [0.29, 0.717) is 5.69 Å². The van der Waals surface area contributed by atoms with Crippen molar-refractivity contribution in [3.05, 3.63) is 71.3 Å². The molecule has 0 bridgehead atoms. The van der Waals surface area contributed by atoms with Crippen molar-refractivity contribution in [3.63, 3.8) is 0 Å². The molecule has 0 radical (unpaired) electrons. The molecule has 7 nitrogen and oxygen atoms in total. The number of carbonyl (C=O) groups excluding carboxylic acids is 1. The molecule has 0 saturated carbocycles. The lowest BCUT2D eigenvalue weighted by atomic mass is 10.0. The van der Waals surface area contributed by atoms with Gasteiger partial charge in [-0.3, -0.25) is 4.79 Å². The number of hydrogen-bond donors (Lipinski definition) is 2. The number of nitrogens with two attached hydrogens (primary N) is 1. The minimum absolute atomic E-state index is 0.00644. The lowest BCUT2D eigenvalue weighted by Gasteiger charge is -2.23. The summed E-state index contributed by atoms with van der Waals surface area (Å²) < 4.78 is 18.5. The second-order valence-corrected chi connectivity index (χ2v) is 7.59. The van der Waals surface area contributed by atoms with E-state index in [0.717, 1.165) is 17.7 Å². The number of aryl methyl sites for hydroxylation is 1. The van der Waals surface area contributed by atoms with Crippen LogP contribution in [0.3, 0.4) is 0 Å². The maximum Gasteiger partial charge on any atom is 0.324 e. The zero-order valence-corrected chi connectivity index (χ0v) is 16.2. The number of esters is 1. The van der Waals surface area contributed by atoms with Gasteiger partial charge < -0.3 is 15.8 Å². The number of carbonyl (C=O) groups is 1. The number of aromatic nitrogens is 3. The number of rotatable bonds is 5. The number of fused-ring (bicyclic) bond motifs is 1. The molecule has 2 heterocycles. The highest BCUT2D eigenvalue weighted by molar-refractivity contribution is 8.00. The lowest BCUT2D eigenvalue weighted by Crippen LogP contribution is -2.19. The first-order chi connectivity index (χ1) is 14.1. The Morgan fingerprint density at radius 2 is 1.97 bits per heavy atom. The van der Waals surface area contributed by atoms with Gasteiger partial charge in [0.1, 0.15) is 11.1 Å². The topological polar surface area (TPSA) is 103 Å². The molecule has 9 heteroatoms. The summed E-state index contributed by atoms with van der Waals surface area (Å²) in [5.41, 5.74) is 8.49. The van der Waals surface area contributed by atoms with E-state index < -0.39 is 0 Å². The fourth-order valence-electron chi connectivity index (χ4n) is 3.02. The van der Waals surface area contributed by atoms with Crippen LogP contribution >= 0.6 is 11.8 Å². The zero-order chi connectivity index (χ0) is 20.2. The first-order valence-electron chi connectivity index (χ1n) is 8.97. The van der Waals surface area contributed by atoms with Gasteiger partial charge in [-0.2, -0.15) is 15.0 Å². The third kappa shape index (κ3) is 4.62. The summed E-state index contributed by atoms with van der Waals surface area (Å²) >= 11 is 1.56. The van der Waals surface area contributed by atoms with Crippen LogP contribution in [-0.4, -0.2) is 26.7 Å². The predicted molar refractivity (Wildman–Crippen MR) is 109 cm³/mol. The van der Waals surface area contributed by atoms with E-state index in [1.54, 1.807) is 23.9 Å². The van der Waals surface area contributed by atoms with Gasteiger partial charge in [0, 0.05) is 5.69 Å². The van der Waals surface area contributed by atoms with E-state index in [4.69, 9.17) is 10.5 Å². The Labute approximate surface area is 170 Å². The minimum atomic E-state index is -0.365. The Kier molecular flexibility index (Phi) is 5.57. The molecule has 2 aromatic carbocycles. The van der Waals surface area contributed by atoms with Crippen molar-refractivity contribution in [2.24, 2.45) is 0 Å². The normalized spacial score (nSPS) is 15.4. The van der Waals surface area contributed by atoms with Crippen LogP contribution in [0.2, 0.25) is 0 Å². The molecule has 1 aliphatic rings. The number of nitrogens with zero attached hydrogens (tertiary/aromatic N) is 3. The molecule has 1 aliphatic heterocycles. The van der Waals surface area contributed by atoms with Crippen LogP contribution in [0.5, 0.6) is 0 Å². The van der Waals surface area contributed by atoms with E-state index in [-0.39, 0.29) is 41.4 Å². The van der Waals surface area contributed by atoms with Crippen molar-refractivity contribution >= 4 is 35.3 Å². The number of anilines is 3. The zero-order valence-electron chi connectivity index (χ0n) is 15.3. The lowest BCUT2D eigenvalue weighted by molar-refractivity contribution is -0.144. The van der Waals surface area contributed by atoms with Crippen LogP contribution in [0.1, 0.15) is 22.2 Å². The van der Waals surface area contributed by atoms with Gasteiger partial charge in [0.2, 0.25) is 11.9 Å². The number of nitrogens with one attached hydrogen (secondary N) is 1. The maximum atomic E-state index is 13.0. The molecule has 3 aromatic rings. The number of hydrogen-bond acceptors (Lipinski definition) is 8. The third-order valence-corrected chi connectivity index (χ3v) is 5.57. The Morgan fingerprint density at radius 3 is 2.79 bits per heavy atom. The standard InChI is InChI=1S/C20H18FN5O2S/c21-13-5-7-14(8-6-13)23-20-25-16(24-19(22)26-20)11-28-18(27)17-15-4-2-1-3-12(15)9-10-29-17/h1-8,17H,9-11H2,(H3,22,23,24,25,26). The molecule has 0 saturated heterocycles. The molecule has 1 atom stereocenters. The van der Waals surface area contributed by atoms with Crippen molar-refractivity contribution < 1.29 is 13.9 Å². The van der Waals surface area contributed by atoms with Gasteiger partial charge in [0.05, 0.1) is 0 Å². The van der Waals surface area contributed by atoms with Crippen LogP contribution in [0.15, 0.2) is 48.5 Å². The van der Waals surface area contributed by atoms with Gasteiger partial charge in [-0.05, 0) is 47.6 Å². The number of thioether (sulfide) groups is 1. The highest BCUT2D eigenvalue weighted by atomic mass is 32.2. The Hall–Kier alpha value is -3.20. The first-order valence-corrected chi connectivity index (χ1v) is 10.0. The predicted octanol–water partition coefficient (Wildman–Crippen LogP) is 3.41. The van der Waals surface area contributed by atoms with Gasteiger partial charge in [-0.15, -0.1) is 11.8 Å². The highest BCUT2D eigenvalue weighted by Crippen LogP contribution is 2.37. The number of halogens is 1. The van der Waals surface area contributed by atoms with Gasteiger partial charge in [-0.1, -0.05) is 24.3 Å². The highest BCUT2D eigenvalue weighted by Gasteiger charge is 2.28. The van der Waals surface area contributed by atoms with Crippen molar-refractivity contribution in [3.8, 4) is 0 Å². The maximum absolute atomic E-state index is 13.0. The molecule has 0 aliphatic carbocycles. The quantitative estimate of drug-likeness (QED) is 0.616. The monoisotopic (exact) mass is 411 g/mol. The van der Waals surface area contributed by atoms with Crippen molar-refractivity contribution in [1.82, 2.24) is 15.0 Å². The molecule has 29 heavy (non-hydrogen) atoms. The van der Waals surface area contributed by atoms with E-state index in [1.165, 1.54) is 17.7 Å². The largest absolute Gasteiger partial charge is 0.456 e. The van der Waals surface area contributed by atoms with Crippen LogP contribution in [0.4, 0.5) is 22.0 Å². The third-order valence-electron chi connectivity index (χ3n) is 4.35. The van der Waals surface area contributed by atoms with Crippen molar-refractivity contribution in [1.29, 1.82) is 0 Å². The molecule has 1 aromatic heterocycles. The number of benzene rings is 2. The molecule has 148 valence electrons. The van der Waals surface area contributed by atoms with E-state index in [1.807, 2.05) is 24.3 Å². The van der Waals surface area contributed by atoms with Crippen LogP contribution in [0, 0.1) is 5.82 Å². The van der Waals surface area contributed by atoms with Crippen LogP contribution in [-0.2, 0) is 22.6 Å². The minimum Gasteiger partial charge on any atom is -0.456 e. The summed E-state index contributed by atoms with van der Waals surface area (Å²) in [6.07, 6.45) is 0.938. The SMILES string of the molecule is Nc1nc(COC(=O)C2SCCc3ccccc32)nc(Nc2ccc(F)cc2)n1. The fraction of sp³-hybridized carbons (Fsp3) is 0.200. The first kappa shape index (κ1) is 19.1. The Bertz CT molecular complexity index is 1030.